The van der Waals surface area contributed by atoms with Gasteiger partial charge >= 0.3 is 0 Å². The van der Waals surface area contributed by atoms with E-state index in [0.717, 1.165) is 36.0 Å². The zero-order valence-electron chi connectivity index (χ0n) is 12.1. The monoisotopic (exact) mass is 308 g/mol. The maximum absolute atomic E-state index is 12.3. The highest BCUT2D eigenvalue weighted by Gasteiger charge is 2.30. The maximum atomic E-state index is 12.3. The van der Waals surface area contributed by atoms with Crippen molar-refractivity contribution in [1.29, 1.82) is 0 Å². The Bertz CT molecular complexity index is 593. The van der Waals surface area contributed by atoms with E-state index in [1.54, 1.807) is 4.90 Å². The molecule has 1 aromatic heterocycles. The third-order valence-corrected chi connectivity index (χ3v) is 4.07. The van der Waals surface area contributed by atoms with Crippen molar-refractivity contribution in [1.82, 2.24) is 4.90 Å². The first-order valence-electron chi connectivity index (χ1n) is 7.11. The average Bonchev–Trinajstić information content (AvgIpc) is 3.03. The highest BCUT2D eigenvalue weighted by molar-refractivity contribution is 5.85. The summed E-state index contributed by atoms with van der Waals surface area (Å²) in [4.78, 5) is 14.1. The predicted octanol–water partition coefficient (Wildman–Crippen LogP) is 2.94. The molecule has 5 heteroatoms. The number of benzene rings is 1. The SMILES string of the molecule is CN(Cc1cc2ccccc2o1)C(=O)C1CCC(N)C1.Cl. The third kappa shape index (κ3) is 3.39. The highest BCUT2D eigenvalue weighted by Crippen LogP contribution is 2.27. The van der Waals surface area contributed by atoms with E-state index < -0.39 is 0 Å². The fourth-order valence-corrected chi connectivity index (χ4v) is 2.98. The molecular formula is C16H21ClN2O2. The number of nitrogens with zero attached hydrogens (tertiary/aromatic N) is 1. The van der Waals surface area contributed by atoms with E-state index >= 15 is 0 Å². The van der Waals surface area contributed by atoms with Gasteiger partial charge in [0.05, 0.1) is 6.54 Å². The lowest BCUT2D eigenvalue weighted by molar-refractivity contribution is -0.134. The minimum atomic E-state index is 0. The minimum absolute atomic E-state index is 0. The van der Waals surface area contributed by atoms with Crippen LogP contribution in [-0.4, -0.2) is 23.9 Å². The molecule has 4 nitrogen and oxygen atoms in total. The molecule has 0 aliphatic heterocycles. The van der Waals surface area contributed by atoms with Crippen molar-refractivity contribution in [2.24, 2.45) is 11.7 Å². The van der Waals surface area contributed by atoms with Crippen LogP contribution in [0.15, 0.2) is 34.7 Å². The lowest BCUT2D eigenvalue weighted by Gasteiger charge is -2.19. The summed E-state index contributed by atoms with van der Waals surface area (Å²) in [7, 11) is 1.83. The summed E-state index contributed by atoms with van der Waals surface area (Å²) in [6, 6.07) is 10.1. The number of nitrogens with two attached hydrogens (primary N) is 1. The lowest BCUT2D eigenvalue weighted by atomic mass is 10.1. The van der Waals surface area contributed by atoms with Gasteiger partial charge in [0, 0.05) is 24.4 Å². The van der Waals surface area contributed by atoms with Crippen molar-refractivity contribution in [3.8, 4) is 0 Å². The molecule has 114 valence electrons. The average molecular weight is 309 g/mol. The first kappa shape index (κ1) is 15.9. The van der Waals surface area contributed by atoms with Crippen molar-refractivity contribution in [3.63, 3.8) is 0 Å². The maximum Gasteiger partial charge on any atom is 0.225 e. The summed E-state index contributed by atoms with van der Waals surface area (Å²) in [5.41, 5.74) is 6.74. The van der Waals surface area contributed by atoms with Gasteiger partial charge in [-0.1, -0.05) is 18.2 Å². The van der Waals surface area contributed by atoms with Gasteiger partial charge in [-0.05, 0) is 31.4 Å². The second kappa shape index (κ2) is 6.50. The van der Waals surface area contributed by atoms with Crippen LogP contribution in [0.1, 0.15) is 25.0 Å². The minimum Gasteiger partial charge on any atom is -0.459 e. The molecule has 2 N–H and O–H groups in total. The van der Waals surface area contributed by atoms with E-state index in [1.807, 2.05) is 37.4 Å². The van der Waals surface area contributed by atoms with Crippen LogP contribution in [-0.2, 0) is 11.3 Å². The van der Waals surface area contributed by atoms with E-state index in [-0.39, 0.29) is 30.3 Å². The zero-order chi connectivity index (χ0) is 14.1. The van der Waals surface area contributed by atoms with Crippen LogP contribution in [0.25, 0.3) is 11.0 Å². The summed E-state index contributed by atoms with van der Waals surface area (Å²) in [6.07, 6.45) is 2.67. The first-order valence-corrected chi connectivity index (χ1v) is 7.11. The van der Waals surface area contributed by atoms with Crippen molar-refractivity contribution in [2.75, 3.05) is 7.05 Å². The number of rotatable bonds is 3. The number of hydrogen-bond donors (Lipinski definition) is 1. The molecule has 3 rings (SSSR count). The fourth-order valence-electron chi connectivity index (χ4n) is 2.98. The molecule has 1 aromatic carbocycles. The number of carbonyl (C=O) groups excluding carboxylic acids is 1. The van der Waals surface area contributed by atoms with Crippen molar-refractivity contribution >= 4 is 29.3 Å². The second-order valence-electron chi connectivity index (χ2n) is 5.71. The highest BCUT2D eigenvalue weighted by atomic mass is 35.5. The number of fused-ring (bicyclic) bond motifs is 1. The molecule has 1 saturated carbocycles. The van der Waals surface area contributed by atoms with Gasteiger partial charge in [0.1, 0.15) is 11.3 Å². The summed E-state index contributed by atoms with van der Waals surface area (Å²) < 4.78 is 5.75. The normalized spacial score (nSPS) is 21.2. The van der Waals surface area contributed by atoms with Crippen molar-refractivity contribution in [2.45, 2.75) is 31.8 Å². The molecule has 21 heavy (non-hydrogen) atoms. The van der Waals surface area contributed by atoms with E-state index in [1.165, 1.54) is 0 Å². The number of para-hydroxylation sites is 1. The quantitative estimate of drug-likeness (QED) is 0.948. The van der Waals surface area contributed by atoms with Crippen LogP contribution in [0.5, 0.6) is 0 Å². The van der Waals surface area contributed by atoms with Crippen molar-refractivity contribution < 1.29 is 9.21 Å². The number of hydrogen-bond acceptors (Lipinski definition) is 3. The molecule has 2 atom stereocenters. The molecule has 1 aliphatic rings. The zero-order valence-corrected chi connectivity index (χ0v) is 12.9. The summed E-state index contributed by atoms with van der Waals surface area (Å²) in [5, 5.41) is 1.08. The fraction of sp³-hybridized carbons (Fsp3) is 0.438. The predicted molar refractivity (Wildman–Crippen MR) is 85.3 cm³/mol. The first-order chi connectivity index (χ1) is 9.63. The molecule has 0 bridgehead atoms. The molecule has 2 aromatic rings. The Morgan fingerprint density at radius 2 is 2.14 bits per heavy atom. The number of halogens is 1. The second-order valence-corrected chi connectivity index (χ2v) is 5.71. The van der Waals surface area contributed by atoms with Gasteiger partial charge in [0.2, 0.25) is 5.91 Å². The van der Waals surface area contributed by atoms with E-state index in [2.05, 4.69) is 0 Å². The standard InChI is InChI=1S/C16H20N2O2.ClH/c1-18(16(19)12-6-7-13(17)8-12)10-14-9-11-4-2-3-5-15(11)20-14;/h2-5,9,12-13H,6-8,10,17H2,1H3;1H. The Labute approximate surface area is 130 Å². The van der Waals surface area contributed by atoms with Crippen LogP contribution in [0, 0.1) is 5.92 Å². The summed E-state index contributed by atoms with van der Waals surface area (Å²) >= 11 is 0. The Morgan fingerprint density at radius 1 is 1.38 bits per heavy atom. The molecule has 1 fully saturated rings. The van der Waals surface area contributed by atoms with Crippen LogP contribution >= 0.6 is 12.4 Å². The Balaban J connectivity index is 0.00000161. The molecule has 0 saturated heterocycles. The van der Waals surface area contributed by atoms with E-state index in [4.69, 9.17) is 10.2 Å². The Morgan fingerprint density at radius 3 is 2.81 bits per heavy atom. The molecule has 0 spiro atoms. The number of carbonyl (C=O) groups is 1. The lowest BCUT2D eigenvalue weighted by Crippen LogP contribution is -2.32. The Hall–Kier alpha value is -1.52. The number of amides is 1. The number of furan rings is 1. The summed E-state index contributed by atoms with van der Waals surface area (Å²) in [6.45, 7) is 0.513. The van der Waals surface area contributed by atoms with Gasteiger partial charge in [-0.3, -0.25) is 4.79 Å². The largest absolute Gasteiger partial charge is 0.459 e. The van der Waals surface area contributed by atoms with Gasteiger partial charge in [-0.15, -0.1) is 12.4 Å². The van der Waals surface area contributed by atoms with Crippen molar-refractivity contribution in [3.05, 3.63) is 36.1 Å². The van der Waals surface area contributed by atoms with Crippen LogP contribution in [0.2, 0.25) is 0 Å². The van der Waals surface area contributed by atoms with Crippen LogP contribution in [0.3, 0.4) is 0 Å². The Kier molecular flexibility index (Phi) is 4.91. The van der Waals surface area contributed by atoms with E-state index in [9.17, 15) is 4.79 Å². The topological polar surface area (TPSA) is 59.5 Å². The van der Waals surface area contributed by atoms with Gasteiger partial charge in [0.15, 0.2) is 0 Å². The van der Waals surface area contributed by atoms with Gasteiger partial charge < -0.3 is 15.1 Å². The molecular weight excluding hydrogens is 288 g/mol. The van der Waals surface area contributed by atoms with Gasteiger partial charge in [-0.2, -0.15) is 0 Å². The van der Waals surface area contributed by atoms with Gasteiger partial charge in [0.25, 0.3) is 0 Å². The third-order valence-electron chi connectivity index (χ3n) is 4.07. The summed E-state index contributed by atoms with van der Waals surface area (Å²) in [5.74, 6) is 1.09. The van der Waals surface area contributed by atoms with Gasteiger partial charge in [-0.25, -0.2) is 0 Å². The van der Waals surface area contributed by atoms with Crippen LogP contribution < -0.4 is 5.73 Å². The molecule has 1 amide bonds. The smallest absolute Gasteiger partial charge is 0.225 e. The van der Waals surface area contributed by atoms with Crippen LogP contribution in [0.4, 0.5) is 0 Å². The molecule has 1 aliphatic carbocycles. The van der Waals surface area contributed by atoms with E-state index in [0.29, 0.717) is 6.54 Å². The molecule has 1 heterocycles. The molecule has 2 unspecified atom stereocenters. The molecule has 0 radical (unpaired) electrons.